The van der Waals surface area contributed by atoms with Crippen LogP contribution in [-0.2, 0) is 12.2 Å². The van der Waals surface area contributed by atoms with Crippen molar-refractivity contribution >= 4 is 23.4 Å². The number of thioether (sulfide) groups is 1. The Hall–Kier alpha value is -1.07. The molecule has 0 atom stereocenters. The monoisotopic (exact) mass is 255 g/mol. The van der Waals surface area contributed by atoms with E-state index >= 15 is 0 Å². The van der Waals surface area contributed by atoms with Crippen molar-refractivity contribution in [3.8, 4) is 0 Å². The van der Waals surface area contributed by atoms with Crippen LogP contribution >= 0.6 is 23.4 Å². The molecule has 0 aliphatic carbocycles. The molecule has 0 unspecified atom stereocenters. The molecule has 0 saturated heterocycles. The largest absolute Gasteiger partial charge is 0.424 e. The summed E-state index contributed by atoms with van der Waals surface area (Å²) in [5.74, 6) is 1.84. The second kappa shape index (κ2) is 5.32. The topological polar surface area (TPSA) is 51.8 Å². The Bertz CT molecular complexity index is 475. The number of rotatable bonds is 4. The summed E-state index contributed by atoms with van der Waals surface area (Å²) >= 11 is 7.46. The van der Waals surface area contributed by atoms with Crippen molar-refractivity contribution in [3.63, 3.8) is 0 Å². The van der Waals surface area contributed by atoms with E-state index in [2.05, 4.69) is 15.2 Å². The Kier molecular flexibility index (Phi) is 3.79. The number of halogens is 1. The molecule has 0 fully saturated rings. The maximum atomic E-state index is 5.97. The van der Waals surface area contributed by atoms with Crippen LogP contribution in [0.15, 0.2) is 27.8 Å². The van der Waals surface area contributed by atoms with Crippen LogP contribution in [0.25, 0.3) is 0 Å². The standard InChI is InChI=1S/C10H10ClN3OS/c1-2-8-13-14-9(15-8)6-16-10-7(11)4-3-5-12-10/h3-5H,2,6H2,1H3. The molecule has 0 amide bonds. The summed E-state index contributed by atoms with van der Waals surface area (Å²) in [5, 5.41) is 9.23. The van der Waals surface area contributed by atoms with Gasteiger partial charge in [0.15, 0.2) is 0 Å². The van der Waals surface area contributed by atoms with Crippen LogP contribution in [0.1, 0.15) is 18.7 Å². The van der Waals surface area contributed by atoms with E-state index in [1.165, 1.54) is 11.8 Å². The van der Waals surface area contributed by atoms with E-state index in [0.717, 1.165) is 11.4 Å². The van der Waals surface area contributed by atoms with Crippen LogP contribution in [0.4, 0.5) is 0 Å². The highest BCUT2D eigenvalue weighted by Crippen LogP contribution is 2.26. The van der Waals surface area contributed by atoms with Crippen LogP contribution < -0.4 is 0 Å². The predicted molar refractivity (Wildman–Crippen MR) is 62.5 cm³/mol. The van der Waals surface area contributed by atoms with Gasteiger partial charge in [-0.3, -0.25) is 0 Å². The number of hydrogen-bond donors (Lipinski definition) is 0. The van der Waals surface area contributed by atoms with Crippen molar-refractivity contribution in [2.45, 2.75) is 24.1 Å². The quantitative estimate of drug-likeness (QED) is 0.786. The molecular weight excluding hydrogens is 246 g/mol. The molecule has 2 heterocycles. The fraction of sp³-hybridized carbons (Fsp3) is 0.300. The van der Waals surface area contributed by atoms with Crippen molar-refractivity contribution in [3.05, 3.63) is 35.1 Å². The average Bonchev–Trinajstić information content (AvgIpc) is 2.76. The molecule has 2 aromatic rings. The SMILES string of the molecule is CCc1nnc(CSc2ncccc2Cl)o1. The molecule has 0 spiro atoms. The van der Waals surface area contributed by atoms with Gasteiger partial charge in [-0.15, -0.1) is 10.2 Å². The summed E-state index contributed by atoms with van der Waals surface area (Å²) in [6.45, 7) is 1.97. The third-order valence-corrected chi connectivity index (χ3v) is 3.28. The van der Waals surface area contributed by atoms with Crippen molar-refractivity contribution in [2.24, 2.45) is 0 Å². The van der Waals surface area contributed by atoms with E-state index < -0.39 is 0 Å². The van der Waals surface area contributed by atoms with Gasteiger partial charge in [0.25, 0.3) is 0 Å². The van der Waals surface area contributed by atoms with E-state index in [9.17, 15) is 0 Å². The normalized spacial score (nSPS) is 10.6. The van der Waals surface area contributed by atoms with Crippen molar-refractivity contribution < 1.29 is 4.42 Å². The predicted octanol–water partition coefficient (Wildman–Crippen LogP) is 2.97. The molecule has 2 aromatic heterocycles. The number of nitrogens with zero attached hydrogens (tertiary/aromatic N) is 3. The first-order chi connectivity index (χ1) is 7.79. The first kappa shape index (κ1) is 11.4. The zero-order chi connectivity index (χ0) is 11.4. The fourth-order valence-corrected chi connectivity index (χ4v) is 2.10. The molecule has 0 radical (unpaired) electrons. The Morgan fingerprint density at radius 3 is 2.88 bits per heavy atom. The van der Waals surface area contributed by atoms with Crippen LogP contribution in [0.3, 0.4) is 0 Å². The van der Waals surface area contributed by atoms with Gasteiger partial charge in [-0.05, 0) is 12.1 Å². The van der Waals surface area contributed by atoms with Gasteiger partial charge >= 0.3 is 0 Å². The second-order valence-corrected chi connectivity index (χ2v) is 4.39. The van der Waals surface area contributed by atoms with Gasteiger partial charge in [0.05, 0.1) is 10.8 Å². The molecule has 16 heavy (non-hydrogen) atoms. The lowest BCUT2D eigenvalue weighted by molar-refractivity contribution is 0.470. The summed E-state index contributed by atoms with van der Waals surface area (Å²) in [6, 6.07) is 3.61. The van der Waals surface area contributed by atoms with Crippen molar-refractivity contribution in [1.82, 2.24) is 15.2 Å². The number of aryl methyl sites for hydroxylation is 1. The zero-order valence-electron chi connectivity index (χ0n) is 8.68. The lowest BCUT2D eigenvalue weighted by Gasteiger charge is -1.99. The highest BCUT2D eigenvalue weighted by atomic mass is 35.5. The van der Waals surface area contributed by atoms with E-state index in [-0.39, 0.29) is 0 Å². The average molecular weight is 256 g/mol. The smallest absolute Gasteiger partial charge is 0.226 e. The molecule has 0 N–H and O–H groups in total. The van der Waals surface area contributed by atoms with Gasteiger partial charge in [0.2, 0.25) is 11.8 Å². The molecule has 0 aliphatic rings. The summed E-state index contributed by atoms with van der Waals surface area (Å²) < 4.78 is 5.38. The van der Waals surface area contributed by atoms with E-state index in [4.69, 9.17) is 16.0 Å². The van der Waals surface area contributed by atoms with E-state index in [0.29, 0.717) is 22.6 Å². The van der Waals surface area contributed by atoms with E-state index in [1.54, 1.807) is 12.3 Å². The highest BCUT2D eigenvalue weighted by molar-refractivity contribution is 7.98. The molecule has 0 bridgehead atoms. The zero-order valence-corrected chi connectivity index (χ0v) is 10.3. The Morgan fingerprint density at radius 2 is 2.19 bits per heavy atom. The molecule has 6 heteroatoms. The van der Waals surface area contributed by atoms with Gasteiger partial charge in [0.1, 0.15) is 5.03 Å². The number of hydrogen-bond acceptors (Lipinski definition) is 5. The highest BCUT2D eigenvalue weighted by Gasteiger charge is 2.07. The van der Waals surface area contributed by atoms with Crippen molar-refractivity contribution in [2.75, 3.05) is 0 Å². The fourth-order valence-electron chi connectivity index (χ4n) is 1.10. The Labute approximate surface area is 102 Å². The number of pyridine rings is 1. The minimum Gasteiger partial charge on any atom is -0.424 e. The molecule has 2 rings (SSSR count). The lowest BCUT2D eigenvalue weighted by Crippen LogP contribution is -1.84. The summed E-state index contributed by atoms with van der Waals surface area (Å²) in [7, 11) is 0. The maximum absolute atomic E-state index is 5.97. The van der Waals surface area contributed by atoms with Crippen LogP contribution in [-0.4, -0.2) is 15.2 Å². The minimum atomic E-state index is 0.587. The van der Waals surface area contributed by atoms with Gasteiger partial charge in [-0.2, -0.15) is 0 Å². The van der Waals surface area contributed by atoms with Gasteiger partial charge in [-0.1, -0.05) is 30.3 Å². The van der Waals surface area contributed by atoms with Gasteiger partial charge < -0.3 is 4.42 Å². The summed E-state index contributed by atoms with van der Waals surface area (Å²) in [5.41, 5.74) is 0. The van der Waals surface area contributed by atoms with E-state index in [1.807, 2.05) is 13.0 Å². The molecule has 4 nitrogen and oxygen atoms in total. The first-order valence-corrected chi connectivity index (χ1v) is 6.20. The maximum Gasteiger partial charge on any atom is 0.226 e. The number of aromatic nitrogens is 3. The van der Waals surface area contributed by atoms with Gasteiger partial charge in [-0.25, -0.2) is 4.98 Å². The summed E-state index contributed by atoms with van der Waals surface area (Å²) in [6.07, 6.45) is 2.46. The summed E-state index contributed by atoms with van der Waals surface area (Å²) in [4.78, 5) is 4.16. The molecular formula is C10H10ClN3OS. The van der Waals surface area contributed by atoms with Crippen LogP contribution in [0, 0.1) is 0 Å². The van der Waals surface area contributed by atoms with Crippen molar-refractivity contribution in [1.29, 1.82) is 0 Å². The van der Waals surface area contributed by atoms with Gasteiger partial charge in [0, 0.05) is 12.6 Å². The molecule has 84 valence electrons. The lowest BCUT2D eigenvalue weighted by atomic mass is 10.5. The molecule has 0 aromatic carbocycles. The van der Waals surface area contributed by atoms with Crippen LogP contribution in [0.2, 0.25) is 5.02 Å². The molecule has 0 saturated carbocycles. The Balaban J connectivity index is 1.99. The Morgan fingerprint density at radius 1 is 1.38 bits per heavy atom. The molecule has 0 aliphatic heterocycles. The minimum absolute atomic E-state index is 0.587. The third-order valence-electron chi connectivity index (χ3n) is 1.87. The van der Waals surface area contributed by atoms with Crippen LogP contribution in [0.5, 0.6) is 0 Å². The third kappa shape index (κ3) is 2.74. The first-order valence-electron chi connectivity index (χ1n) is 4.84. The second-order valence-electron chi connectivity index (χ2n) is 3.02.